The molecular weight excluding hydrogens is 451 g/mol. The molecule has 0 aliphatic carbocycles. The number of hydrogen-bond donors (Lipinski definition) is 1. The first kappa shape index (κ1) is 22.3. The Kier molecular flexibility index (Phi) is 6.02. The third-order valence-electron chi connectivity index (χ3n) is 5.29. The first-order chi connectivity index (χ1) is 15.9. The van der Waals surface area contributed by atoms with Gasteiger partial charge in [0.25, 0.3) is 11.7 Å². The van der Waals surface area contributed by atoms with Crippen LogP contribution in [0.4, 0.5) is 10.1 Å². The Morgan fingerprint density at radius 1 is 1.12 bits per heavy atom. The zero-order valence-electron chi connectivity index (χ0n) is 17.6. The lowest BCUT2D eigenvalue weighted by atomic mass is 9.95. The summed E-state index contributed by atoms with van der Waals surface area (Å²) in [4.78, 5) is 31.5. The van der Waals surface area contributed by atoms with E-state index in [0.717, 1.165) is 11.0 Å². The number of ketones is 1. The van der Waals surface area contributed by atoms with Crippen molar-refractivity contribution in [2.75, 3.05) is 19.1 Å². The minimum atomic E-state index is -1.04. The summed E-state index contributed by atoms with van der Waals surface area (Å²) >= 11 is 5.93. The highest BCUT2D eigenvalue weighted by atomic mass is 35.5. The lowest BCUT2D eigenvalue weighted by Crippen LogP contribution is -2.29. The number of hydrogen-bond acceptors (Lipinski definition) is 6. The smallest absolute Gasteiger partial charge is 0.300 e. The Hall–Kier alpha value is -3.91. The standard InChI is InChI=1S/C24H18ClFN2O5/c1-32-15-6-7-16(19(11-15)33-2)22(29)20-21(13-4-3-9-27-12-13)28(24(31)23(20)30)14-5-8-18(26)17(25)10-14/h3-12,21,29H,1-2H3/b22-20-. The number of benzene rings is 2. The van der Waals surface area contributed by atoms with Gasteiger partial charge in [0.05, 0.1) is 36.4 Å². The molecule has 2 aromatic carbocycles. The number of Topliss-reactive ketones (excluding diaryl/α,β-unsaturated/α-hetero) is 1. The minimum absolute atomic E-state index is 0.170. The zero-order chi connectivity index (χ0) is 23.7. The van der Waals surface area contributed by atoms with Crippen molar-refractivity contribution in [1.29, 1.82) is 0 Å². The molecule has 4 rings (SSSR count). The van der Waals surface area contributed by atoms with Gasteiger partial charge in [0.2, 0.25) is 0 Å². The fourth-order valence-corrected chi connectivity index (χ4v) is 3.90. The summed E-state index contributed by atoms with van der Waals surface area (Å²) in [6.45, 7) is 0. The van der Waals surface area contributed by atoms with E-state index >= 15 is 0 Å². The van der Waals surface area contributed by atoms with Gasteiger partial charge >= 0.3 is 0 Å². The van der Waals surface area contributed by atoms with Crippen LogP contribution in [0.15, 0.2) is 66.5 Å². The molecule has 0 saturated carbocycles. The molecule has 1 aliphatic heterocycles. The molecule has 0 bridgehead atoms. The van der Waals surface area contributed by atoms with Gasteiger partial charge in [-0.1, -0.05) is 17.7 Å². The zero-order valence-corrected chi connectivity index (χ0v) is 18.3. The van der Waals surface area contributed by atoms with E-state index in [9.17, 15) is 19.1 Å². The van der Waals surface area contributed by atoms with Crippen molar-refractivity contribution in [2.24, 2.45) is 0 Å². The third kappa shape index (κ3) is 3.89. The van der Waals surface area contributed by atoms with Gasteiger partial charge in [-0.3, -0.25) is 19.5 Å². The summed E-state index contributed by atoms with van der Waals surface area (Å²) in [6, 6.07) is 10.6. The van der Waals surface area contributed by atoms with Gasteiger partial charge in [0.1, 0.15) is 23.1 Å². The molecule has 9 heteroatoms. The lowest BCUT2D eigenvalue weighted by Gasteiger charge is -2.25. The monoisotopic (exact) mass is 468 g/mol. The van der Waals surface area contributed by atoms with Crippen molar-refractivity contribution < 1.29 is 28.6 Å². The van der Waals surface area contributed by atoms with Gasteiger partial charge in [-0.2, -0.15) is 0 Å². The molecule has 3 aromatic rings. The maximum Gasteiger partial charge on any atom is 0.300 e. The van der Waals surface area contributed by atoms with Crippen LogP contribution in [0.2, 0.25) is 5.02 Å². The third-order valence-corrected chi connectivity index (χ3v) is 5.58. The molecule has 33 heavy (non-hydrogen) atoms. The van der Waals surface area contributed by atoms with E-state index in [2.05, 4.69) is 4.98 Å². The SMILES string of the molecule is COc1ccc(/C(O)=C2/C(=O)C(=O)N(c3ccc(F)c(Cl)c3)C2c2cccnc2)c(OC)c1. The molecule has 1 amide bonds. The van der Waals surface area contributed by atoms with Gasteiger partial charge in [-0.25, -0.2) is 4.39 Å². The van der Waals surface area contributed by atoms with Crippen LogP contribution in [-0.2, 0) is 9.59 Å². The van der Waals surface area contributed by atoms with E-state index in [0.29, 0.717) is 11.3 Å². The molecule has 1 N–H and O–H groups in total. The number of amides is 1. The summed E-state index contributed by atoms with van der Waals surface area (Å²) in [5, 5.41) is 11.0. The van der Waals surface area contributed by atoms with Crippen molar-refractivity contribution in [3.63, 3.8) is 0 Å². The second kappa shape index (κ2) is 8.91. The number of pyridine rings is 1. The van der Waals surface area contributed by atoms with Gasteiger partial charge in [-0.05, 0) is 42.0 Å². The first-order valence-electron chi connectivity index (χ1n) is 9.75. The summed E-state index contributed by atoms with van der Waals surface area (Å²) < 4.78 is 24.3. The fourth-order valence-electron chi connectivity index (χ4n) is 3.73. The van der Waals surface area contributed by atoms with Crippen LogP contribution in [0.1, 0.15) is 17.2 Å². The van der Waals surface area contributed by atoms with Crippen molar-refractivity contribution in [1.82, 2.24) is 4.98 Å². The van der Waals surface area contributed by atoms with Crippen molar-refractivity contribution in [3.8, 4) is 11.5 Å². The van der Waals surface area contributed by atoms with Gasteiger partial charge in [0.15, 0.2) is 0 Å². The van der Waals surface area contributed by atoms with E-state index in [1.807, 2.05) is 0 Å². The number of carbonyl (C=O) groups is 2. The predicted octanol–water partition coefficient (Wildman–Crippen LogP) is 4.52. The van der Waals surface area contributed by atoms with E-state index in [1.54, 1.807) is 24.3 Å². The maximum atomic E-state index is 13.8. The molecule has 1 atom stereocenters. The average Bonchev–Trinajstić information content (AvgIpc) is 3.11. The van der Waals surface area contributed by atoms with Gasteiger partial charge in [0, 0.05) is 24.1 Å². The topological polar surface area (TPSA) is 89.0 Å². The Morgan fingerprint density at radius 2 is 1.91 bits per heavy atom. The van der Waals surface area contributed by atoms with Crippen molar-refractivity contribution in [2.45, 2.75) is 6.04 Å². The molecule has 7 nitrogen and oxygen atoms in total. The van der Waals surface area contributed by atoms with E-state index in [4.69, 9.17) is 21.1 Å². The van der Waals surface area contributed by atoms with Crippen molar-refractivity contribution >= 4 is 34.7 Å². The number of ether oxygens (including phenoxy) is 2. The molecule has 1 fully saturated rings. The number of nitrogens with zero attached hydrogens (tertiary/aromatic N) is 2. The summed E-state index contributed by atoms with van der Waals surface area (Å²) in [6.07, 6.45) is 3.02. The largest absolute Gasteiger partial charge is 0.507 e. The number of aromatic nitrogens is 1. The van der Waals surface area contributed by atoms with E-state index < -0.39 is 29.3 Å². The molecule has 0 radical (unpaired) electrons. The van der Waals surface area contributed by atoms with Crippen LogP contribution in [0.3, 0.4) is 0 Å². The van der Waals surface area contributed by atoms with E-state index in [1.165, 1.54) is 44.8 Å². The maximum absolute atomic E-state index is 13.8. The van der Waals surface area contributed by atoms with Crippen LogP contribution >= 0.6 is 11.6 Å². The molecule has 2 heterocycles. The number of aliphatic hydroxyl groups is 1. The van der Waals surface area contributed by atoms with Gasteiger partial charge < -0.3 is 14.6 Å². The number of methoxy groups -OCH3 is 2. The molecule has 1 unspecified atom stereocenters. The van der Waals surface area contributed by atoms with Crippen LogP contribution in [0.5, 0.6) is 11.5 Å². The molecule has 1 aliphatic rings. The highest BCUT2D eigenvalue weighted by Crippen LogP contribution is 2.44. The Balaban J connectivity index is 1.96. The second-order valence-corrected chi connectivity index (χ2v) is 7.53. The highest BCUT2D eigenvalue weighted by molar-refractivity contribution is 6.51. The number of halogens is 2. The van der Waals surface area contributed by atoms with Crippen LogP contribution in [-0.4, -0.2) is 36.0 Å². The van der Waals surface area contributed by atoms with Gasteiger partial charge in [-0.15, -0.1) is 0 Å². The number of rotatable bonds is 5. The lowest BCUT2D eigenvalue weighted by molar-refractivity contribution is -0.132. The molecular formula is C24H18ClFN2O5. The average molecular weight is 469 g/mol. The number of aliphatic hydroxyl groups excluding tert-OH is 1. The highest BCUT2D eigenvalue weighted by Gasteiger charge is 2.47. The van der Waals surface area contributed by atoms with Crippen LogP contribution in [0, 0.1) is 5.82 Å². The van der Waals surface area contributed by atoms with E-state index in [-0.39, 0.29) is 27.6 Å². The normalized spacial score (nSPS) is 17.3. The molecule has 0 spiro atoms. The molecule has 168 valence electrons. The fraction of sp³-hybridized carbons (Fsp3) is 0.125. The van der Waals surface area contributed by atoms with Crippen LogP contribution < -0.4 is 14.4 Å². The summed E-state index contributed by atoms with van der Waals surface area (Å²) in [5.74, 6) is -2.20. The number of anilines is 1. The minimum Gasteiger partial charge on any atom is -0.507 e. The summed E-state index contributed by atoms with van der Waals surface area (Å²) in [7, 11) is 2.89. The van der Waals surface area contributed by atoms with Crippen molar-refractivity contribution in [3.05, 3.63) is 88.5 Å². The molecule has 1 aromatic heterocycles. The quantitative estimate of drug-likeness (QED) is 0.336. The summed E-state index contributed by atoms with van der Waals surface area (Å²) in [5.41, 5.74) is 0.684. The second-order valence-electron chi connectivity index (χ2n) is 7.12. The number of carbonyl (C=O) groups excluding carboxylic acids is 2. The predicted molar refractivity (Wildman–Crippen MR) is 120 cm³/mol. The Labute approximate surface area is 193 Å². The Bertz CT molecular complexity index is 1280. The first-order valence-corrected chi connectivity index (χ1v) is 10.1. The Morgan fingerprint density at radius 3 is 2.55 bits per heavy atom. The van der Waals surface area contributed by atoms with Crippen LogP contribution in [0.25, 0.3) is 5.76 Å². The molecule has 1 saturated heterocycles.